The van der Waals surface area contributed by atoms with E-state index in [4.69, 9.17) is 0 Å². The summed E-state index contributed by atoms with van der Waals surface area (Å²) in [4.78, 5) is 12.6. The Hall–Kier alpha value is -2.89. The number of fused-ring (bicyclic) bond motifs is 1. The molecule has 2 aromatic heterocycles. The first-order chi connectivity index (χ1) is 12.3. The molecule has 0 unspecified atom stereocenters. The van der Waals surface area contributed by atoms with Gasteiger partial charge in [0.2, 0.25) is 0 Å². The van der Waals surface area contributed by atoms with Crippen molar-refractivity contribution in [3.63, 3.8) is 0 Å². The van der Waals surface area contributed by atoms with Crippen LogP contribution in [-0.2, 0) is 19.4 Å². The fourth-order valence-electron chi connectivity index (χ4n) is 3.36. The molecule has 0 bridgehead atoms. The first kappa shape index (κ1) is 15.6. The lowest BCUT2D eigenvalue weighted by molar-refractivity contribution is 0.0946. The Kier molecular flexibility index (Phi) is 4.33. The van der Waals surface area contributed by atoms with Gasteiger partial charge in [0.15, 0.2) is 5.69 Å². The van der Waals surface area contributed by atoms with Crippen LogP contribution in [0, 0.1) is 0 Å². The predicted octanol–water partition coefficient (Wildman–Crippen LogP) is 2.38. The summed E-state index contributed by atoms with van der Waals surface area (Å²) in [6.45, 7) is 1.41. The highest BCUT2D eigenvalue weighted by molar-refractivity contribution is 5.94. The van der Waals surface area contributed by atoms with Gasteiger partial charge in [0.05, 0.1) is 5.69 Å². The number of carbonyl (C=O) groups excluding carboxylic acids is 1. The minimum Gasteiger partial charge on any atom is -0.351 e. The highest BCUT2D eigenvalue weighted by Crippen LogP contribution is 2.27. The van der Waals surface area contributed by atoms with Crippen LogP contribution in [0.25, 0.3) is 5.69 Å². The summed E-state index contributed by atoms with van der Waals surface area (Å²) in [5, 5.41) is 11.8. The topological polar surface area (TPSA) is 64.7 Å². The summed E-state index contributed by atoms with van der Waals surface area (Å²) in [7, 11) is 0. The van der Waals surface area contributed by atoms with E-state index < -0.39 is 0 Å². The fourth-order valence-corrected chi connectivity index (χ4v) is 3.36. The molecule has 128 valence electrons. The van der Waals surface area contributed by atoms with E-state index in [1.807, 2.05) is 52.0 Å². The molecule has 1 amide bonds. The van der Waals surface area contributed by atoms with Gasteiger partial charge in [-0.2, -0.15) is 10.2 Å². The monoisotopic (exact) mass is 335 g/mol. The molecule has 0 atom stereocenters. The third-order valence-corrected chi connectivity index (χ3v) is 4.55. The summed E-state index contributed by atoms with van der Waals surface area (Å²) in [5.74, 6) is -0.0757. The van der Waals surface area contributed by atoms with Crippen LogP contribution in [0.1, 0.15) is 34.6 Å². The zero-order chi connectivity index (χ0) is 17.1. The van der Waals surface area contributed by atoms with Gasteiger partial charge in [0.1, 0.15) is 0 Å². The Bertz CT molecular complexity index is 852. The number of para-hydroxylation sites is 1. The summed E-state index contributed by atoms with van der Waals surface area (Å²) in [6, 6.07) is 11.9. The number of aromatic nitrogens is 4. The van der Waals surface area contributed by atoms with Crippen LogP contribution in [0.4, 0.5) is 0 Å². The van der Waals surface area contributed by atoms with Crippen molar-refractivity contribution >= 4 is 5.91 Å². The Balaban J connectivity index is 1.46. The largest absolute Gasteiger partial charge is 0.351 e. The highest BCUT2D eigenvalue weighted by atomic mass is 16.1. The standard InChI is InChI=1S/C19H21N5O/c25-19(20-11-5-13-23-14-6-12-21-23)18-16-9-4-10-17(16)24(22-18)15-7-2-1-3-8-15/h1-3,6-8,12,14H,4-5,9-11,13H2,(H,20,25). The zero-order valence-electron chi connectivity index (χ0n) is 14.1. The summed E-state index contributed by atoms with van der Waals surface area (Å²) < 4.78 is 3.80. The first-order valence-corrected chi connectivity index (χ1v) is 8.75. The van der Waals surface area contributed by atoms with E-state index in [1.54, 1.807) is 6.20 Å². The van der Waals surface area contributed by atoms with Crippen LogP contribution >= 0.6 is 0 Å². The number of carbonyl (C=O) groups is 1. The van der Waals surface area contributed by atoms with Crippen LogP contribution in [0.3, 0.4) is 0 Å². The number of aryl methyl sites for hydroxylation is 1. The Morgan fingerprint density at radius 3 is 2.84 bits per heavy atom. The van der Waals surface area contributed by atoms with E-state index in [9.17, 15) is 4.79 Å². The second-order valence-corrected chi connectivity index (χ2v) is 6.25. The minimum atomic E-state index is -0.0757. The second kappa shape index (κ2) is 6.93. The summed E-state index contributed by atoms with van der Waals surface area (Å²) >= 11 is 0. The van der Waals surface area contributed by atoms with Gasteiger partial charge in [-0.05, 0) is 43.9 Å². The number of nitrogens with one attached hydrogen (secondary N) is 1. The number of nitrogens with zero attached hydrogens (tertiary/aromatic N) is 4. The molecule has 1 aliphatic carbocycles. The zero-order valence-corrected chi connectivity index (χ0v) is 14.1. The van der Waals surface area contributed by atoms with Gasteiger partial charge in [0.25, 0.3) is 5.91 Å². The van der Waals surface area contributed by atoms with Gasteiger partial charge in [-0.25, -0.2) is 4.68 Å². The number of amides is 1. The van der Waals surface area contributed by atoms with Crippen molar-refractivity contribution in [1.29, 1.82) is 0 Å². The molecule has 1 aliphatic rings. The molecule has 2 heterocycles. The molecule has 6 nitrogen and oxygen atoms in total. The van der Waals surface area contributed by atoms with Crippen molar-refractivity contribution in [2.45, 2.75) is 32.2 Å². The molecule has 6 heteroatoms. The van der Waals surface area contributed by atoms with Crippen molar-refractivity contribution in [1.82, 2.24) is 24.9 Å². The maximum absolute atomic E-state index is 12.6. The van der Waals surface area contributed by atoms with Crippen LogP contribution in [0.15, 0.2) is 48.8 Å². The number of rotatable bonds is 6. The van der Waals surface area contributed by atoms with Crippen molar-refractivity contribution in [3.05, 3.63) is 65.7 Å². The lowest BCUT2D eigenvalue weighted by Gasteiger charge is -2.05. The van der Waals surface area contributed by atoms with Gasteiger partial charge in [-0.15, -0.1) is 0 Å². The maximum atomic E-state index is 12.6. The summed E-state index contributed by atoms with van der Waals surface area (Å²) in [5.41, 5.74) is 3.87. The fraction of sp³-hybridized carbons (Fsp3) is 0.316. The number of benzene rings is 1. The van der Waals surface area contributed by atoms with E-state index in [2.05, 4.69) is 15.5 Å². The van der Waals surface area contributed by atoms with E-state index in [0.29, 0.717) is 12.2 Å². The van der Waals surface area contributed by atoms with Crippen molar-refractivity contribution in [3.8, 4) is 5.69 Å². The van der Waals surface area contributed by atoms with E-state index in [1.165, 1.54) is 5.69 Å². The van der Waals surface area contributed by atoms with Crippen molar-refractivity contribution in [2.75, 3.05) is 6.54 Å². The Morgan fingerprint density at radius 2 is 2.04 bits per heavy atom. The normalized spacial score (nSPS) is 13.0. The molecule has 0 radical (unpaired) electrons. The quantitative estimate of drug-likeness (QED) is 0.704. The smallest absolute Gasteiger partial charge is 0.272 e. The average molecular weight is 335 g/mol. The molecule has 1 N–H and O–H groups in total. The predicted molar refractivity (Wildman–Crippen MR) is 94.8 cm³/mol. The molecular weight excluding hydrogens is 314 g/mol. The lowest BCUT2D eigenvalue weighted by Crippen LogP contribution is -2.26. The minimum absolute atomic E-state index is 0.0757. The molecular formula is C19H21N5O. The van der Waals surface area contributed by atoms with Crippen molar-refractivity contribution in [2.24, 2.45) is 0 Å². The lowest BCUT2D eigenvalue weighted by atomic mass is 10.2. The van der Waals surface area contributed by atoms with Crippen LogP contribution in [-0.4, -0.2) is 32.0 Å². The Labute approximate surface area is 146 Å². The van der Waals surface area contributed by atoms with Gasteiger partial charge in [-0.1, -0.05) is 18.2 Å². The number of hydrogen-bond acceptors (Lipinski definition) is 3. The van der Waals surface area contributed by atoms with Gasteiger partial charge >= 0.3 is 0 Å². The molecule has 0 saturated carbocycles. The molecule has 0 fully saturated rings. The Morgan fingerprint density at radius 1 is 1.16 bits per heavy atom. The first-order valence-electron chi connectivity index (χ1n) is 8.75. The molecule has 4 rings (SSSR count). The van der Waals surface area contributed by atoms with Crippen molar-refractivity contribution < 1.29 is 4.79 Å². The molecule has 0 aliphatic heterocycles. The van der Waals surface area contributed by atoms with Crippen LogP contribution in [0.5, 0.6) is 0 Å². The summed E-state index contributed by atoms with van der Waals surface area (Å²) in [6.07, 6.45) is 7.52. The third kappa shape index (κ3) is 3.20. The van der Waals surface area contributed by atoms with E-state index in [-0.39, 0.29) is 5.91 Å². The average Bonchev–Trinajstić information content (AvgIpc) is 3.36. The van der Waals surface area contributed by atoms with Gasteiger partial charge in [-0.3, -0.25) is 9.48 Å². The third-order valence-electron chi connectivity index (χ3n) is 4.55. The molecule has 3 aromatic rings. The molecule has 0 spiro atoms. The highest BCUT2D eigenvalue weighted by Gasteiger charge is 2.26. The SMILES string of the molecule is O=C(NCCCn1cccn1)c1nn(-c2ccccc2)c2c1CCC2. The molecule has 0 saturated heterocycles. The van der Waals surface area contributed by atoms with E-state index in [0.717, 1.165) is 43.5 Å². The molecule has 1 aromatic carbocycles. The van der Waals surface area contributed by atoms with Crippen LogP contribution < -0.4 is 5.32 Å². The van der Waals surface area contributed by atoms with Gasteiger partial charge in [0, 0.05) is 36.7 Å². The van der Waals surface area contributed by atoms with E-state index >= 15 is 0 Å². The second-order valence-electron chi connectivity index (χ2n) is 6.25. The number of hydrogen-bond donors (Lipinski definition) is 1. The van der Waals surface area contributed by atoms with Crippen LogP contribution in [0.2, 0.25) is 0 Å². The maximum Gasteiger partial charge on any atom is 0.272 e. The van der Waals surface area contributed by atoms with Gasteiger partial charge < -0.3 is 5.32 Å². The molecule has 25 heavy (non-hydrogen) atoms.